The van der Waals surface area contributed by atoms with Gasteiger partial charge in [0.2, 0.25) is 5.95 Å². The molecule has 2 aliphatic heterocycles. The van der Waals surface area contributed by atoms with Crippen molar-refractivity contribution in [3.05, 3.63) is 53.1 Å². The predicted molar refractivity (Wildman–Crippen MR) is 108 cm³/mol. The minimum atomic E-state index is -0.737. The average molecular weight is 419 g/mol. The van der Waals surface area contributed by atoms with E-state index in [0.29, 0.717) is 16.5 Å². The molecule has 0 bridgehead atoms. The standard InChI is InChI=1S/C19H16ClFN4O2S/c20-12-10-11(22-17(26)13-4-3-6-16(21)23-13)7-8-14(12)25-18(27)15-5-1-2-9-24(15)19(25)28/h3-4,6-8,10,15H,1-2,5,9H2,(H,22,26). The van der Waals surface area contributed by atoms with E-state index in [1.807, 2.05) is 4.90 Å². The Kier molecular flexibility index (Phi) is 4.99. The zero-order chi connectivity index (χ0) is 19.8. The number of hydrogen-bond donors (Lipinski definition) is 1. The molecule has 4 rings (SSSR count). The molecule has 1 N–H and O–H groups in total. The molecular weight excluding hydrogens is 403 g/mol. The normalized spacial score (nSPS) is 19.0. The van der Waals surface area contributed by atoms with Gasteiger partial charge in [0.1, 0.15) is 11.7 Å². The van der Waals surface area contributed by atoms with Gasteiger partial charge in [0.05, 0.1) is 10.7 Å². The molecule has 28 heavy (non-hydrogen) atoms. The van der Waals surface area contributed by atoms with Gasteiger partial charge in [0.15, 0.2) is 5.11 Å². The number of carbonyl (C=O) groups excluding carboxylic acids is 2. The number of fused-ring (bicyclic) bond motifs is 1. The van der Waals surface area contributed by atoms with Crippen LogP contribution in [0.25, 0.3) is 0 Å². The third kappa shape index (κ3) is 3.33. The van der Waals surface area contributed by atoms with E-state index in [1.54, 1.807) is 12.1 Å². The van der Waals surface area contributed by atoms with E-state index in [2.05, 4.69) is 10.3 Å². The molecule has 9 heteroatoms. The summed E-state index contributed by atoms with van der Waals surface area (Å²) in [5.74, 6) is -1.38. The van der Waals surface area contributed by atoms with Crippen LogP contribution in [-0.4, -0.2) is 39.4 Å². The molecule has 3 heterocycles. The lowest BCUT2D eigenvalue weighted by atomic mass is 10.0. The third-order valence-electron chi connectivity index (χ3n) is 4.84. The van der Waals surface area contributed by atoms with Crippen molar-refractivity contribution in [2.24, 2.45) is 0 Å². The maximum Gasteiger partial charge on any atom is 0.274 e. The number of carbonyl (C=O) groups is 2. The number of rotatable bonds is 3. The minimum Gasteiger partial charge on any atom is -0.336 e. The van der Waals surface area contributed by atoms with Gasteiger partial charge in [-0.25, -0.2) is 4.98 Å². The summed E-state index contributed by atoms with van der Waals surface area (Å²) >= 11 is 11.9. The van der Waals surface area contributed by atoms with Crippen LogP contribution in [0.15, 0.2) is 36.4 Å². The highest BCUT2D eigenvalue weighted by Crippen LogP contribution is 2.36. The van der Waals surface area contributed by atoms with E-state index in [4.69, 9.17) is 23.8 Å². The van der Waals surface area contributed by atoms with E-state index >= 15 is 0 Å². The summed E-state index contributed by atoms with van der Waals surface area (Å²) < 4.78 is 13.2. The maximum absolute atomic E-state index is 13.2. The van der Waals surface area contributed by atoms with Crippen molar-refractivity contribution < 1.29 is 14.0 Å². The molecule has 2 aliphatic rings. The highest BCUT2D eigenvalue weighted by atomic mass is 35.5. The largest absolute Gasteiger partial charge is 0.336 e. The number of pyridine rings is 1. The third-order valence-corrected chi connectivity index (χ3v) is 5.56. The van der Waals surface area contributed by atoms with Crippen LogP contribution >= 0.6 is 23.8 Å². The van der Waals surface area contributed by atoms with Crippen molar-refractivity contribution in [1.29, 1.82) is 0 Å². The van der Waals surface area contributed by atoms with Gasteiger partial charge in [-0.3, -0.25) is 14.5 Å². The Hall–Kier alpha value is -2.58. The van der Waals surface area contributed by atoms with E-state index < -0.39 is 11.9 Å². The Balaban J connectivity index is 1.56. The first kappa shape index (κ1) is 18.8. The van der Waals surface area contributed by atoms with Crippen LogP contribution in [0.1, 0.15) is 29.8 Å². The van der Waals surface area contributed by atoms with Crippen molar-refractivity contribution >= 4 is 52.1 Å². The average Bonchev–Trinajstić information content (AvgIpc) is 2.93. The van der Waals surface area contributed by atoms with Gasteiger partial charge >= 0.3 is 0 Å². The van der Waals surface area contributed by atoms with Crippen LogP contribution in [0.5, 0.6) is 0 Å². The monoisotopic (exact) mass is 418 g/mol. The van der Waals surface area contributed by atoms with Crippen molar-refractivity contribution in [2.75, 3.05) is 16.8 Å². The van der Waals surface area contributed by atoms with E-state index in [0.717, 1.165) is 31.9 Å². The molecule has 144 valence electrons. The molecule has 6 nitrogen and oxygen atoms in total. The lowest BCUT2D eigenvalue weighted by molar-refractivity contribution is -0.120. The summed E-state index contributed by atoms with van der Waals surface area (Å²) in [6, 6.07) is 8.53. The van der Waals surface area contributed by atoms with Crippen LogP contribution in [-0.2, 0) is 4.79 Å². The fourth-order valence-electron chi connectivity index (χ4n) is 3.51. The summed E-state index contributed by atoms with van der Waals surface area (Å²) in [5.41, 5.74) is 0.834. The van der Waals surface area contributed by atoms with Crippen LogP contribution in [0.4, 0.5) is 15.8 Å². The zero-order valence-electron chi connectivity index (χ0n) is 14.7. The predicted octanol–water partition coefficient (Wildman–Crippen LogP) is 3.61. The first-order valence-corrected chi connectivity index (χ1v) is 9.62. The SMILES string of the molecule is O=C(Nc1ccc(N2C(=O)C3CCCCN3C2=S)c(Cl)c1)c1cccc(F)n1. The number of aromatic nitrogens is 1. The summed E-state index contributed by atoms with van der Waals surface area (Å²) in [5, 5.41) is 3.35. The highest BCUT2D eigenvalue weighted by Gasteiger charge is 2.44. The Morgan fingerprint density at radius 2 is 2.11 bits per heavy atom. The van der Waals surface area contributed by atoms with Gasteiger partial charge in [0.25, 0.3) is 11.8 Å². The van der Waals surface area contributed by atoms with Crippen molar-refractivity contribution in [2.45, 2.75) is 25.3 Å². The summed E-state index contributed by atoms with van der Waals surface area (Å²) in [6.07, 6.45) is 2.78. The Labute approximate surface area is 171 Å². The molecular formula is C19H16ClFN4O2S. The summed E-state index contributed by atoms with van der Waals surface area (Å²) in [6.45, 7) is 0.762. The quantitative estimate of drug-likeness (QED) is 0.609. The molecule has 0 saturated carbocycles. The molecule has 0 radical (unpaired) electrons. The molecule has 1 atom stereocenters. The number of piperidine rings is 1. The number of nitrogens with zero attached hydrogens (tertiary/aromatic N) is 3. The Morgan fingerprint density at radius 1 is 1.29 bits per heavy atom. The van der Waals surface area contributed by atoms with Gasteiger partial charge in [-0.1, -0.05) is 17.7 Å². The lowest BCUT2D eigenvalue weighted by Crippen LogP contribution is -2.38. The van der Waals surface area contributed by atoms with Crippen LogP contribution in [0.3, 0.4) is 0 Å². The topological polar surface area (TPSA) is 65.5 Å². The summed E-state index contributed by atoms with van der Waals surface area (Å²) in [4.78, 5) is 32.0. The molecule has 1 aromatic heterocycles. The van der Waals surface area contributed by atoms with Crippen LogP contribution < -0.4 is 10.2 Å². The molecule has 2 saturated heterocycles. The number of amides is 2. The van der Waals surface area contributed by atoms with Crippen molar-refractivity contribution in [3.8, 4) is 0 Å². The van der Waals surface area contributed by atoms with Crippen molar-refractivity contribution in [3.63, 3.8) is 0 Å². The second-order valence-electron chi connectivity index (χ2n) is 6.63. The van der Waals surface area contributed by atoms with Gasteiger partial charge < -0.3 is 10.2 Å². The first-order chi connectivity index (χ1) is 13.5. The molecule has 0 aliphatic carbocycles. The molecule has 0 spiro atoms. The molecule has 1 aromatic carbocycles. The second-order valence-corrected chi connectivity index (χ2v) is 7.40. The van der Waals surface area contributed by atoms with E-state index in [1.165, 1.54) is 23.1 Å². The lowest BCUT2D eigenvalue weighted by Gasteiger charge is -2.28. The fraction of sp³-hybridized carbons (Fsp3) is 0.263. The fourth-order valence-corrected chi connectivity index (χ4v) is 4.18. The number of benzene rings is 1. The van der Waals surface area contributed by atoms with E-state index in [9.17, 15) is 14.0 Å². The Morgan fingerprint density at radius 3 is 2.82 bits per heavy atom. The number of halogens is 2. The molecule has 2 aromatic rings. The minimum absolute atomic E-state index is 0.0482. The van der Waals surface area contributed by atoms with Crippen LogP contribution in [0, 0.1) is 5.95 Å². The summed E-state index contributed by atoms with van der Waals surface area (Å²) in [7, 11) is 0. The highest BCUT2D eigenvalue weighted by molar-refractivity contribution is 7.80. The van der Waals surface area contributed by atoms with Gasteiger partial charge in [0, 0.05) is 12.2 Å². The molecule has 1 unspecified atom stereocenters. The first-order valence-electron chi connectivity index (χ1n) is 8.84. The molecule has 2 amide bonds. The number of thiocarbonyl (C=S) groups is 1. The van der Waals surface area contributed by atoms with Gasteiger partial charge in [-0.2, -0.15) is 4.39 Å². The van der Waals surface area contributed by atoms with E-state index in [-0.39, 0.29) is 22.7 Å². The molecule has 2 fully saturated rings. The number of anilines is 2. The van der Waals surface area contributed by atoms with Crippen LogP contribution in [0.2, 0.25) is 5.02 Å². The Bertz CT molecular complexity index is 962. The zero-order valence-corrected chi connectivity index (χ0v) is 16.3. The number of nitrogens with one attached hydrogen (secondary N) is 1. The van der Waals surface area contributed by atoms with Gasteiger partial charge in [-0.15, -0.1) is 0 Å². The maximum atomic E-state index is 13.2. The van der Waals surface area contributed by atoms with Crippen molar-refractivity contribution in [1.82, 2.24) is 9.88 Å². The number of hydrogen-bond acceptors (Lipinski definition) is 4. The smallest absolute Gasteiger partial charge is 0.274 e. The van der Waals surface area contributed by atoms with Gasteiger partial charge in [-0.05, 0) is 61.8 Å². The second kappa shape index (κ2) is 7.44.